The summed E-state index contributed by atoms with van der Waals surface area (Å²) in [5.74, 6) is -0.174. The van der Waals surface area contributed by atoms with Crippen molar-refractivity contribution in [1.29, 1.82) is 0 Å². The van der Waals surface area contributed by atoms with E-state index < -0.39 is 0 Å². The highest BCUT2D eigenvalue weighted by molar-refractivity contribution is 5.68. The molecule has 100 valence electrons. The maximum absolute atomic E-state index is 13.9. The normalized spacial score (nSPS) is 10.5. The van der Waals surface area contributed by atoms with Gasteiger partial charge >= 0.3 is 0 Å². The number of anilines is 2. The number of halogens is 1. The topological polar surface area (TPSA) is 15.3 Å². The van der Waals surface area contributed by atoms with Gasteiger partial charge in [-0.3, -0.25) is 0 Å². The highest BCUT2D eigenvalue weighted by atomic mass is 19.1. The van der Waals surface area contributed by atoms with Crippen LogP contribution in [0.2, 0.25) is 0 Å². The molecule has 0 radical (unpaired) electrons. The van der Waals surface area contributed by atoms with E-state index in [0.29, 0.717) is 12.1 Å². The first-order valence-electron chi connectivity index (χ1n) is 6.36. The molecule has 2 rings (SSSR count). The lowest BCUT2D eigenvalue weighted by molar-refractivity contribution is 0.601. The lowest BCUT2D eigenvalue weighted by Crippen LogP contribution is -2.17. The monoisotopic (exact) mass is 258 g/mol. The van der Waals surface area contributed by atoms with Crippen LogP contribution in [0.3, 0.4) is 0 Å². The Morgan fingerprint density at radius 3 is 2.42 bits per heavy atom. The highest BCUT2D eigenvalue weighted by Gasteiger charge is 2.13. The first-order valence-corrected chi connectivity index (χ1v) is 6.36. The van der Waals surface area contributed by atoms with E-state index >= 15 is 0 Å². The molecule has 0 aliphatic carbocycles. The molecular formula is C16H19FN2. The molecule has 19 heavy (non-hydrogen) atoms. The van der Waals surface area contributed by atoms with Crippen molar-refractivity contribution in [2.24, 2.45) is 0 Å². The summed E-state index contributed by atoms with van der Waals surface area (Å²) in [6, 6.07) is 13.3. The van der Waals surface area contributed by atoms with E-state index in [1.165, 1.54) is 11.6 Å². The van der Waals surface area contributed by atoms with E-state index in [1.807, 2.05) is 43.3 Å². The van der Waals surface area contributed by atoms with E-state index in [-0.39, 0.29) is 5.82 Å². The number of nitrogens with zero attached hydrogens (tertiary/aromatic N) is 1. The van der Waals surface area contributed by atoms with Gasteiger partial charge in [0.25, 0.3) is 0 Å². The molecule has 0 atom stereocenters. The lowest BCUT2D eigenvalue weighted by atomic mass is 10.1. The second kappa shape index (κ2) is 5.85. The number of benzene rings is 2. The predicted octanol–water partition coefficient (Wildman–Crippen LogP) is 3.62. The van der Waals surface area contributed by atoms with Gasteiger partial charge in [0, 0.05) is 30.5 Å². The van der Waals surface area contributed by atoms with Crippen LogP contribution in [0.25, 0.3) is 0 Å². The fraction of sp³-hybridized carbons (Fsp3) is 0.250. The van der Waals surface area contributed by atoms with Crippen molar-refractivity contribution >= 4 is 11.4 Å². The van der Waals surface area contributed by atoms with E-state index in [4.69, 9.17) is 0 Å². The Balaban J connectivity index is 2.47. The van der Waals surface area contributed by atoms with Gasteiger partial charge in [-0.05, 0) is 37.7 Å². The average Bonchev–Trinajstić information content (AvgIpc) is 2.41. The molecule has 0 aromatic heterocycles. The summed E-state index contributed by atoms with van der Waals surface area (Å²) in [5.41, 5.74) is 3.84. The molecule has 1 N–H and O–H groups in total. The molecule has 0 fully saturated rings. The van der Waals surface area contributed by atoms with Crippen LogP contribution < -0.4 is 10.2 Å². The van der Waals surface area contributed by atoms with Gasteiger partial charge in [0.2, 0.25) is 0 Å². The zero-order chi connectivity index (χ0) is 13.8. The summed E-state index contributed by atoms with van der Waals surface area (Å²) in [6.07, 6.45) is 0. The van der Waals surface area contributed by atoms with E-state index in [0.717, 1.165) is 11.4 Å². The van der Waals surface area contributed by atoms with Crippen molar-refractivity contribution in [2.75, 3.05) is 19.0 Å². The highest BCUT2D eigenvalue weighted by Crippen LogP contribution is 2.30. The second-order valence-corrected chi connectivity index (χ2v) is 4.61. The van der Waals surface area contributed by atoms with E-state index in [2.05, 4.69) is 18.3 Å². The van der Waals surface area contributed by atoms with Gasteiger partial charge in [-0.1, -0.05) is 24.3 Å². The molecule has 0 bridgehead atoms. The lowest BCUT2D eigenvalue weighted by Gasteiger charge is -2.24. The first-order chi connectivity index (χ1) is 9.15. The summed E-state index contributed by atoms with van der Waals surface area (Å²) in [6.45, 7) is 2.57. The molecule has 2 aromatic carbocycles. The van der Waals surface area contributed by atoms with Crippen LogP contribution >= 0.6 is 0 Å². The Hall–Kier alpha value is -1.87. The number of nitrogens with one attached hydrogen (secondary N) is 1. The maximum Gasteiger partial charge on any atom is 0.129 e. The van der Waals surface area contributed by atoms with Crippen molar-refractivity contribution in [2.45, 2.75) is 13.5 Å². The number of rotatable bonds is 4. The smallest absolute Gasteiger partial charge is 0.129 e. The fourth-order valence-electron chi connectivity index (χ4n) is 2.28. The molecule has 2 nitrogen and oxygen atoms in total. The molecule has 3 heteroatoms. The number of para-hydroxylation sites is 1. The Labute approximate surface area is 113 Å². The molecule has 0 saturated carbocycles. The molecular weight excluding hydrogens is 239 g/mol. The largest absolute Gasteiger partial charge is 0.344 e. The second-order valence-electron chi connectivity index (χ2n) is 4.61. The van der Waals surface area contributed by atoms with Gasteiger partial charge in [0.05, 0.1) is 0 Å². The maximum atomic E-state index is 13.9. The Bertz CT molecular complexity index is 566. The molecule has 0 heterocycles. The molecule has 0 aliphatic heterocycles. The van der Waals surface area contributed by atoms with Gasteiger partial charge in [0.1, 0.15) is 5.82 Å². The number of hydrogen-bond acceptors (Lipinski definition) is 2. The van der Waals surface area contributed by atoms with Crippen LogP contribution in [0.15, 0.2) is 42.5 Å². The van der Waals surface area contributed by atoms with Crippen molar-refractivity contribution in [3.05, 3.63) is 59.4 Å². The minimum absolute atomic E-state index is 0.174. The zero-order valence-corrected chi connectivity index (χ0v) is 11.6. The van der Waals surface area contributed by atoms with Crippen molar-refractivity contribution in [3.8, 4) is 0 Å². The van der Waals surface area contributed by atoms with Gasteiger partial charge in [-0.2, -0.15) is 0 Å². The van der Waals surface area contributed by atoms with Crippen LogP contribution in [0, 0.1) is 12.7 Å². The quantitative estimate of drug-likeness (QED) is 0.901. The standard InChI is InChI=1S/C16H19FN2/c1-12-7-4-5-9-15(12)19(3)16-10-6-8-14(17)13(16)11-18-2/h4-10,18H,11H2,1-3H3. The van der Waals surface area contributed by atoms with Crippen LogP contribution in [-0.2, 0) is 6.54 Å². The van der Waals surface area contributed by atoms with Gasteiger partial charge in [-0.25, -0.2) is 4.39 Å². The summed E-state index contributed by atoms with van der Waals surface area (Å²) in [7, 11) is 3.79. The van der Waals surface area contributed by atoms with Gasteiger partial charge in [0.15, 0.2) is 0 Å². The van der Waals surface area contributed by atoms with Crippen LogP contribution in [-0.4, -0.2) is 14.1 Å². The third kappa shape index (κ3) is 2.76. The Morgan fingerprint density at radius 2 is 1.74 bits per heavy atom. The molecule has 0 spiro atoms. The SMILES string of the molecule is CNCc1c(F)cccc1N(C)c1ccccc1C. The molecule has 0 amide bonds. The minimum Gasteiger partial charge on any atom is -0.344 e. The van der Waals surface area contributed by atoms with Crippen LogP contribution in [0.4, 0.5) is 15.8 Å². The van der Waals surface area contributed by atoms with E-state index in [9.17, 15) is 4.39 Å². The average molecular weight is 258 g/mol. The molecule has 2 aromatic rings. The van der Waals surface area contributed by atoms with Gasteiger partial charge < -0.3 is 10.2 Å². The van der Waals surface area contributed by atoms with Gasteiger partial charge in [-0.15, -0.1) is 0 Å². The van der Waals surface area contributed by atoms with E-state index in [1.54, 1.807) is 6.07 Å². The zero-order valence-electron chi connectivity index (χ0n) is 11.6. The first kappa shape index (κ1) is 13.6. The van der Waals surface area contributed by atoms with Crippen molar-refractivity contribution in [3.63, 3.8) is 0 Å². The third-order valence-corrected chi connectivity index (χ3v) is 3.29. The van der Waals surface area contributed by atoms with Crippen molar-refractivity contribution in [1.82, 2.24) is 5.32 Å². The molecule has 0 unspecified atom stereocenters. The summed E-state index contributed by atoms with van der Waals surface area (Å²) in [4.78, 5) is 2.03. The van der Waals surface area contributed by atoms with Crippen LogP contribution in [0.1, 0.15) is 11.1 Å². The molecule has 0 saturated heterocycles. The number of aryl methyl sites for hydroxylation is 1. The van der Waals surface area contributed by atoms with Crippen LogP contribution in [0.5, 0.6) is 0 Å². The Morgan fingerprint density at radius 1 is 1.05 bits per heavy atom. The minimum atomic E-state index is -0.174. The third-order valence-electron chi connectivity index (χ3n) is 3.29. The summed E-state index contributed by atoms with van der Waals surface area (Å²) >= 11 is 0. The predicted molar refractivity (Wildman–Crippen MR) is 78.4 cm³/mol. The van der Waals surface area contributed by atoms with Crippen molar-refractivity contribution < 1.29 is 4.39 Å². The number of hydrogen-bond donors (Lipinski definition) is 1. The summed E-state index contributed by atoms with van der Waals surface area (Å²) in [5, 5.41) is 3.02. The summed E-state index contributed by atoms with van der Waals surface area (Å²) < 4.78 is 13.9. The Kier molecular flexibility index (Phi) is 4.17. The molecule has 0 aliphatic rings. The fourth-order valence-corrected chi connectivity index (χ4v) is 2.28.